The minimum absolute atomic E-state index is 0.119. The van der Waals surface area contributed by atoms with Crippen molar-refractivity contribution in [1.29, 1.82) is 0 Å². The number of rotatable bonds is 5. The minimum Gasteiger partial charge on any atom is -0.459 e. The Hall–Kier alpha value is -3.43. The zero-order valence-corrected chi connectivity index (χ0v) is 13.6. The Kier molecular flexibility index (Phi) is 4.80. The van der Waals surface area contributed by atoms with E-state index in [0.717, 1.165) is 4.57 Å². The SMILES string of the molecule is O=C(Cn1c(C(F)(F)F)nc2ccccc21)OCc1ccc([N+](=O)[O-])cc1. The van der Waals surface area contributed by atoms with Crippen LogP contribution in [0.5, 0.6) is 0 Å². The van der Waals surface area contributed by atoms with Crippen LogP contribution in [0.15, 0.2) is 48.5 Å². The summed E-state index contributed by atoms with van der Waals surface area (Å²) in [7, 11) is 0. The molecule has 0 aliphatic heterocycles. The number of nitro groups is 1. The number of carbonyl (C=O) groups is 1. The maximum absolute atomic E-state index is 13.2. The molecule has 140 valence electrons. The second-order valence-electron chi connectivity index (χ2n) is 5.59. The zero-order valence-electron chi connectivity index (χ0n) is 13.6. The summed E-state index contributed by atoms with van der Waals surface area (Å²) in [6.07, 6.45) is -4.72. The number of fused-ring (bicyclic) bond motifs is 1. The molecule has 0 bridgehead atoms. The van der Waals surface area contributed by atoms with E-state index in [1.807, 2.05) is 0 Å². The number of non-ortho nitro benzene ring substituents is 1. The number of hydrogen-bond acceptors (Lipinski definition) is 5. The lowest BCUT2D eigenvalue weighted by Crippen LogP contribution is -2.20. The van der Waals surface area contributed by atoms with Gasteiger partial charge in [-0.1, -0.05) is 12.1 Å². The first-order valence-corrected chi connectivity index (χ1v) is 7.67. The van der Waals surface area contributed by atoms with Gasteiger partial charge in [0, 0.05) is 12.1 Å². The number of para-hydroxylation sites is 2. The molecule has 7 nitrogen and oxygen atoms in total. The molecular weight excluding hydrogens is 367 g/mol. The van der Waals surface area contributed by atoms with Gasteiger partial charge in [0.2, 0.25) is 5.82 Å². The van der Waals surface area contributed by atoms with Gasteiger partial charge in [-0.15, -0.1) is 0 Å². The number of halogens is 3. The predicted octanol–water partition coefficient (Wildman–Crippen LogP) is 3.71. The van der Waals surface area contributed by atoms with E-state index in [4.69, 9.17) is 4.74 Å². The molecule has 2 aromatic carbocycles. The third-order valence-electron chi connectivity index (χ3n) is 3.74. The van der Waals surface area contributed by atoms with E-state index in [-0.39, 0.29) is 23.3 Å². The number of benzene rings is 2. The van der Waals surface area contributed by atoms with Gasteiger partial charge >= 0.3 is 12.1 Å². The van der Waals surface area contributed by atoms with E-state index >= 15 is 0 Å². The van der Waals surface area contributed by atoms with Crippen molar-refractivity contribution >= 4 is 22.7 Å². The molecule has 0 radical (unpaired) electrons. The predicted molar refractivity (Wildman–Crippen MR) is 87.6 cm³/mol. The quantitative estimate of drug-likeness (QED) is 0.383. The summed E-state index contributed by atoms with van der Waals surface area (Å²) in [5.41, 5.74) is 0.635. The van der Waals surface area contributed by atoms with Crippen LogP contribution < -0.4 is 0 Å². The van der Waals surface area contributed by atoms with Crippen molar-refractivity contribution in [3.05, 3.63) is 70.0 Å². The van der Waals surface area contributed by atoms with Crippen molar-refractivity contribution in [2.75, 3.05) is 0 Å². The van der Waals surface area contributed by atoms with Crippen molar-refractivity contribution in [2.45, 2.75) is 19.3 Å². The van der Waals surface area contributed by atoms with Crippen LogP contribution in [-0.4, -0.2) is 20.4 Å². The number of imidazole rings is 1. The fourth-order valence-electron chi connectivity index (χ4n) is 2.50. The van der Waals surface area contributed by atoms with Gasteiger partial charge < -0.3 is 9.30 Å². The molecule has 3 aromatic rings. The summed E-state index contributed by atoms with van der Waals surface area (Å²) >= 11 is 0. The van der Waals surface area contributed by atoms with Crippen LogP contribution >= 0.6 is 0 Å². The van der Waals surface area contributed by atoms with Gasteiger partial charge in [0.05, 0.1) is 16.0 Å². The van der Waals surface area contributed by atoms with E-state index in [1.165, 1.54) is 36.4 Å². The van der Waals surface area contributed by atoms with Crippen LogP contribution in [0.25, 0.3) is 11.0 Å². The van der Waals surface area contributed by atoms with E-state index in [1.54, 1.807) is 12.1 Å². The molecule has 0 aliphatic rings. The number of hydrogen-bond donors (Lipinski definition) is 0. The topological polar surface area (TPSA) is 87.3 Å². The van der Waals surface area contributed by atoms with Crippen LogP contribution in [0, 0.1) is 10.1 Å². The molecule has 27 heavy (non-hydrogen) atoms. The number of alkyl halides is 3. The molecule has 0 saturated carbocycles. The fraction of sp³-hybridized carbons (Fsp3) is 0.176. The summed E-state index contributed by atoms with van der Waals surface area (Å²) < 4.78 is 45.4. The number of nitrogens with zero attached hydrogens (tertiary/aromatic N) is 3. The van der Waals surface area contributed by atoms with Gasteiger partial charge in [-0.2, -0.15) is 13.2 Å². The first kappa shape index (κ1) is 18.4. The van der Waals surface area contributed by atoms with Gasteiger partial charge in [0.15, 0.2) is 0 Å². The lowest BCUT2D eigenvalue weighted by Gasteiger charge is -2.11. The Bertz CT molecular complexity index is 997. The molecule has 0 unspecified atom stereocenters. The maximum atomic E-state index is 13.2. The largest absolute Gasteiger partial charge is 0.459 e. The molecule has 0 spiro atoms. The van der Waals surface area contributed by atoms with Gasteiger partial charge in [0.1, 0.15) is 13.2 Å². The molecule has 0 aliphatic carbocycles. The van der Waals surface area contributed by atoms with E-state index in [2.05, 4.69) is 4.98 Å². The monoisotopic (exact) mass is 379 g/mol. The van der Waals surface area contributed by atoms with Crippen molar-refractivity contribution in [3.8, 4) is 0 Å². The molecule has 1 aromatic heterocycles. The third kappa shape index (κ3) is 4.05. The van der Waals surface area contributed by atoms with Crippen molar-refractivity contribution in [3.63, 3.8) is 0 Å². The summed E-state index contributed by atoms with van der Waals surface area (Å²) in [4.78, 5) is 25.6. The first-order valence-electron chi connectivity index (χ1n) is 7.67. The Labute approximate surface area is 150 Å². The average Bonchev–Trinajstić information content (AvgIpc) is 2.99. The number of aromatic nitrogens is 2. The highest BCUT2D eigenvalue weighted by molar-refractivity contribution is 5.79. The minimum atomic E-state index is -4.72. The highest BCUT2D eigenvalue weighted by Crippen LogP contribution is 2.31. The number of ether oxygens (including phenoxy) is 1. The molecule has 1 heterocycles. The third-order valence-corrected chi connectivity index (χ3v) is 3.74. The first-order chi connectivity index (χ1) is 12.8. The smallest absolute Gasteiger partial charge is 0.449 e. The molecule has 3 rings (SSSR count). The highest BCUT2D eigenvalue weighted by Gasteiger charge is 2.38. The van der Waals surface area contributed by atoms with Crippen LogP contribution in [0.4, 0.5) is 18.9 Å². The van der Waals surface area contributed by atoms with Gasteiger partial charge in [-0.05, 0) is 29.8 Å². The lowest BCUT2D eigenvalue weighted by molar-refractivity contribution is -0.384. The van der Waals surface area contributed by atoms with E-state index in [0.29, 0.717) is 5.56 Å². The van der Waals surface area contributed by atoms with Crippen molar-refractivity contribution in [2.24, 2.45) is 0 Å². The number of nitro benzene ring substituents is 1. The standard InChI is InChI=1S/C17H12F3N3O4/c18-17(19,20)16-21-13-3-1-2-4-14(13)22(16)9-15(24)27-10-11-5-7-12(8-6-11)23(25)26/h1-8H,9-10H2. The molecule has 0 fully saturated rings. The summed E-state index contributed by atoms with van der Waals surface area (Å²) in [6, 6.07) is 11.2. The van der Waals surface area contributed by atoms with Gasteiger partial charge in [0.25, 0.3) is 5.69 Å². The Morgan fingerprint density at radius 3 is 2.44 bits per heavy atom. The lowest BCUT2D eigenvalue weighted by atomic mass is 10.2. The molecule has 0 saturated heterocycles. The number of esters is 1. The van der Waals surface area contributed by atoms with E-state index < -0.39 is 29.4 Å². The van der Waals surface area contributed by atoms with Crippen molar-refractivity contribution < 1.29 is 27.6 Å². The van der Waals surface area contributed by atoms with Gasteiger partial charge in [-0.3, -0.25) is 14.9 Å². The molecular formula is C17H12F3N3O4. The Morgan fingerprint density at radius 2 is 1.81 bits per heavy atom. The molecule has 0 atom stereocenters. The fourth-order valence-corrected chi connectivity index (χ4v) is 2.50. The van der Waals surface area contributed by atoms with Crippen LogP contribution in [0.1, 0.15) is 11.4 Å². The molecule has 0 N–H and O–H groups in total. The summed E-state index contributed by atoms with van der Waals surface area (Å²) in [5.74, 6) is -2.07. The Morgan fingerprint density at radius 1 is 1.15 bits per heavy atom. The average molecular weight is 379 g/mol. The second kappa shape index (κ2) is 7.06. The van der Waals surface area contributed by atoms with E-state index in [9.17, 15) is 28.1 Å². The molecule has 10 heteroatoms. The highest BCUT2D eigenvalue weighted by atomic mass is 19.4. The second-order valence-corrected chi connectivity index (χ2v) is 5.59. The van der Waals surface area contributed by atoms with Crippen molar-refractivity contribution in [1.82, 2.24) is 9.55 Å². The molecule has 0 amide bonds. The Balaban J connectivity index is 1.75. The zero-order chi connectivity index (χ0) is 19.6. The van der Waals surface area contributed by atoms with Crippen LogP contribution in [0.2, 0.25) is 0 Å². The van der Waals surface area contributed by atoms with Crippen LogP contribution in [0.3, 0.4) is 0 Å². The maximum Gasteiger partial charge on any atom is 0.449 e. The van der Waals surface area contributed by atoms with Gasteiger partial charge in [-0.25, -0.2) is 4.98 Å². The summed E-state index contributed by atoms with van der Waals surface area (Å²) in [5, 5.41) is 10.6. The van der Waals surface area contributed by atoms with Crippen LogP contribution in [-0.2, 0) is 28.9 Å². The number of carbonyl (C=O) groups excluding carboxylic acids is 1. The summed E-state index contributed by atoms with van der Waals surface area (Å²) in [6.45, 7) is -0.882. The normalized spacial score (nSPS) is 11.5.